The first-order valence-electron chi connectivity index (χ1n) is 11.6. The van der Waals surface area contributed by atoms with Crippen molar-refractivity contribution in [2.45, 2.75) is 83.1 Å². The number of carboxylic acid groups (broad SMARTS) is 1. The number of aliphatic hydroxyl groups excluding tert-OH is 1. The number of carboxylic acids is 1. The molecule has 0 radical (unpaired) electrons. The fraction of sp³-hybridized carbons (Fsp3) is 0.714. The van der Waals surface area contributed by atoms with Gasteiger partial charge in [-0.25, -0.2) is 4.79 Å². The summed E-state index contributed by atoms with van der Waals surface area (Å²) in [6, 6.07) is -5.12. The lowest BCUT2D eigenvalue weighted by Crippen LogP contribution is -2.60. The summed E-state index contributed by atoms with van der Waals surface area (Å²) >= 11 is 0. The molecule has 0 bridgehead atoms. The van der Waals surface area contributed by atoms with E-state index >= 15 is 0 Å². The Morgan fingerprint density at radius 1 is 0.889 bits per heavy atom. The lowest BCUT2D eigenvalue weighted by molar-refractivity contribution is -0.144. The van der Waals surface area contributed by atoms with Crippen LogP contribution in [-0.4, -0.2) is 82.6 Å². The van der Waals surface area contributed by atoms with Crippen LogP contribution in [0.5, 0.6) is 0 Å². The number of rotatable bonds is 17. The maximum absolute atomic E-state index is 12.9. The van der Waals surface area contributed by atoms with Crippen LogP contribution in [-0.2, 0) is 24.0 Å². The number of aliphatic imine (C=N–C) groups is 1. The molecule has 0 rings (SSSR count). The molecule has 0 aromatic rings. The molecule has 0 saturated carbocycles. The highest BCUT2D eigenvalue weighted by Crippen LogP contribution is 2.10. The van der Waals surface area contributed by atoms with Gasteiger partial charge in [0.1, 0.15) is 18.1 Å². The number of nitrogens with two attached hydrogens (primary N) is 4. The second-order valence-electron chi connectivity index (χ2n) is 8.56. The fourth-order valence-corrected chi connectivity index (χ4v) is 3.07. The molecule has 0 aliphatic heterocycles. The Balaban J connectivity index is 5.43. The highest BCUT2D eigenvalue weighted by Gasteiger charge is 2.33. The summed E-state index contributed by atoms with van der Waals surface area (Å²) in [5.74, 6) is -5.06. The largest absolute Gasteiger partial charge is 0.480 e. The molecule has 15 nitrogen and oxygen atoms in total. The van der Waals surface area contributed by atoms with E-state index in [-0.39, 0.29) is 31.8 Å². The van der Waals surface area contributed by atoms with E-state index < -0.39 is 65.8 Å². The molecule has 206 valence electrons. The molecule has 13 N–H and O–H groups in total. The fourth-order valence-electron chi connectivity index (χ4n) is 3.07. The second-order valence-corrected chi connectivity index (χ2v) is 8.56. The summed E-state index contributed by atoms with van der Waals surface area (Å²) in [4.78, 5) is 64.7. The summed E-state index contributed by atoms with van der Waals surface area (Å²) < 4.78 is 0. The van der Waals surface area contributed by atoms with Crippen molar-refractivity contribution in [3.05, 3.63) is 0 Å². The Bertz CT molecular complexity index is 801. The Morgan fingerprint density at radius 2 is 1.47 bits per heavy atom. The normalized spacial score (nSPS) is 15.8. The van der Waals surface area contributed by atoms with Gasteiger partial charge in [0.05, 0.1) is 12.1 Å². The second kappa shape index (κ2) is 16.3. The number of carbonyl (C=O) groups excluding carboxylic acids is 4. The smallest absolute Gasteiger partial charge is 0.326 e. The van der Waals surface area contributed by atoms with Crippen LogP contribution in [0.25, 0.3) is 0 Å². The number of guanidine groups is 1. The maximum Gasteiger partial charge on any atom is 0.326 e. The summed E-state index contributed by atoms with van der Waals surface area (Å²) in [6.07, 6.45) is -0.871. The van der Waals surface area contributed by atoms with Gasteiger partial charge in [-0.3, -0.25) is 24.2 Å². The third-order valence-corrected chi connectivity index (χ3v) is 5.46. The van der Waals surface area contributed by atoms with E-state index in [1.807, 2.05) is 0 Å². The molecular formula is C21H40N8O7. The third kappa shape index (κ3) is 12.3. The lowest BCUT2D eigenvalue weighted by Gasteiger charge is -2.27. The van der Waals surface area contributed by atoms with E-state index in [0.29, 0.717) is 12.8 Å². The van der Waals surface area contributed by atoms with Gasteiger partial charge in [0.15, 0.2) is 5.96 Å². The van der Waals surface area contributed by atoms with Gasteiger partial charge in [-0.1, -0.05) is 20.3 Å². The Morgan fingerprint density at radius 3 is 1.94 bits per heavy atom. The Kier molecular flexibility index (Phi) is 14.7. The zero-order chi connectivity index (χ0) is 28.0. The van der Waals surface area contributed by atoms with Crippen molar-refractivity contribution < 1.29 is 34.2 Å². The molecule has 0 aliphatic carbocycles. The first kappa shape index (κ1) is 32.5. The van der Waals surface area contributed by atoms with E-state index in [1.54, 1.807) is 13.8 Å². The highest BCUT2D eigenvalue weighted by molar-refractivity contribution is 5.94. The SMILES string of the molecule is CCC(C)C(NC(=O)C(CCC(N)=O)NC(=O)C(NC(=O)C(N)CCCN=C(N)N)C(C)O)C(=O)O. The van der Waals surface area contributed by atoms with Crippen molar-refractivity contribution in [2.24, 2.45) is 33.8 Å². The topological polar surface area (TPSA) is 278 Å². The number of carbonyl (C=O) groups is 5. The summed E-state index contributed by atoms with van der Waals surface area (Å²) in [6.45, 7) is 4.88. The number of nitrogens with zero attached hydrogens (tertiary/aromatic N) is 1. The molecule has 36 heavy (non-hydrogen) atoms. The Hall–Kier alpha value is -3.46. The molecule has 0 aliphatic rings. The van der Waals surface area contributed by atoms with Crippen LogP contribution in [0.1, 0.15) is 52.9 Å². The monoisotopic (exact) mass is 516 g/mol. The van der Waals surface area contributed by atoms with E-state index in [0.717, 1.165) is 0 Å². The molecule has 0 fully saturated rings. The number of primary amides is 1. The van der Waals surface area contributed by atoms with Crippen molar-refractivity contribution in [2.75, 3.05) is 6.54 Å². The molecule has 0 saturated heterocycles. The van der Waals surface area contributed by atoms with Gasteiger partial charge in [-0.15, -0.1) is 0 Å². The number of hydrogen-bond donors (Lipinski definition) is 9. The maximum atomic E-state index is 12.9. The van der Waals surface area contributed by atoms with E-state index in [1.165, 1.54) is 6.92 Å². The van der Waals surface area contributed by atoms with Crippen LogP contribution in [0.3, 0.4) is 0 Å². The average molecular weight is 517 g/mol. The van der Waals surface area contributed by atoms with Crippen LogP contribution < -0.4 is 38.9 Å². The minimum atomic E-state index is -1.49. The van der Waals surface area contributed by atoms with Gasteiger partial charge < -0.3 is 49.1 Å². The molecule has 4 amide bonds. The zero-order valence-electron chi connectivity index (χ0n) is 20.9. The average Bonchev–Trinajstić information content (AvgIpc) is 2.79. The van der Waals surface area contributed by atoms with Crippen LogP contribution in [0, 0.1) is 5.92 Å². The number of nitrogens with one attached hydrogen (secondary N) is 3. The van der Waals surface area contributed by atoms with Crippen LogP contribution in [0.2, 0.25) is 0 Å². The number of amides is 4. The molecule has 15 heteroatoms. The highest BCUT2D eigenvalue weighted by atomic mass is 16.4. The van der Waals surface area contributed by atoms with Crippen molar-refractivity contribution >= 4 is 35.6 Å². The number of hydrogen-bond acceptors (Lipinski definition) is 8. The number of aliphatic carboxylic acids is 1. The van der Waals surface area contributed by atoms with E-state index in [9.17, 15) is 34.2 Å². The standard InChI is InChI=1S/C21H40N8O7/c1-4-10(2)15(20(35)36)28-18(33)13(7-8-14(23)31)27-19(34)16(11(3)30)29-17(32)12(22)6-5-9-26-21(24)25/h10-13,15-16,30H,4-9,22H2,1-3H3,(H2,23,31)(H,27,34)(H,28,33)(H,29,32)(H,35,36)(H4,24,25,26). The quantitative estimate of drug-likeness (QED) is 0.0524. The van der Waals surface area contributed by atoms with Crippen molar-refractivity contribution in [1.29, 1.82) is 0 Å². The molecule has 0 spiro atoms. The van der Waals surface area contributed by atoms with Gasteiger partial charge >= 0.3 is 5.97 Å². The van der Waals surface area contributed by atoms with Gasteiger partial charge in [0.2, 0.25) is 23.6 Å². The zero-order valence-corrected chi connectivity index (χ0v) is 20.9. The third-order valence-electron chi connectivity index (χ3n) is 5.46. The summed E-state index contributed by atoms with van der Waals surface area (Å²) in [5, 5.41) is 26.5. The Labute approximate surface area is 209 Å². The van der Waals surface area contributed by atoms with Gasteiger partial charge in [-0.2, -0.15) is 0 Å². The predicted octanol–water partition coefficient (Wildman–Crippen LogP) is -3.40. The lowest BCUT2D eigenvalue weighted by atomic mass is 9.98. The molecule has 6 atom stereocenters. The first-order valence-corrected chi connectivity index (χ1v) is 11.6. The van der Waals surface area contributed by atoms with Gasteiger partial charge in [-0.05, 0) is 32.1 Å². The van der Waals surface area contributed by atoms with Crippen molar-refractivity contribution in [3.8, 4) is 0 Å². The van der Waals surface area contributed by atoms with Gasteiger partial charge in [0.25, 0.3) is 0 Å². The summed E-state index contributed by atoms with van der Waals surface area (Å²) in [5.41, 5.74) is 21.4. The molecule has 0 aromatic carbocycles. The molecular weight excluding hydrogens is 476 g/mol. The van der Waals surface area contributed by atoms with Crippen LogP contribution >= 0.6 is 0 Å². The van der Waals surface area contributed by atoms with Gasteiger partial charge in [0, 0.05) is 13.0 Å². The number of aliphatic hydroxyl groups is 1. The van der Waals surface area contributed by atoms with Crippen LogP contribution in [0.4, 0.5) is 0 Å². The minimum Gasteiger partial charge on any atom is -0.480 e. The summed E-state index contributed by atoms with van der Waals surface area (Å²) in [7, 11) is 0. The van der Waals surface area contributed by atoms with Crippen molar-refractivity contribution in [3.63, 3.8) is 0 Å². The minimum absolute atomic E-state index is 0.104. The van der Waals surface area contributed by atoms with Crippen LogP contribution in [0.15, 0.2) is 4.99 Å². The van der Waals surface area contributed by atoms with E-state index in [2.05, 4.69) is 20.9 Å². The molecule has 6 unspecified atom stereocenters. The molecule has 0 aromatic heterocycles. The first-order chi connectivity index (χ1) is 16.7. The van der Waals surface area contributed by atoms with E-state index in [4.69, 9.17) is 22.9 Å². The molecule has 0 heterocycles. The predicted molar refractivity (Wildman–Crippen MR) is 131 cm³/mol. The van der Waals surface area contributed by atoms with Crippen molar-refractivity contribution in [1.82, 2.24) is 16.0 Å².